The molecule has 0 aromatic heterocycles. The number of hydrogen-bond donors (Lipinski definition) is 0. The summed E-state index contributed by atoms with van der Waals surface area (Å²) in [5.41, 5.74) is -1.18. The number of carbonyl (C=O) groups excluding carboxylic acids is 2. The highest BCUT2D eigenvalue weighted by Crippen LogP contribution is 2.14. The van der Waals surface area contributed by atoms with E-state index in [0.29, 0.717) is 0 Å². The second-order valence-corrected chi connectivity index (χ2v) is 8.66. The lowest BCUT2D eigenvalue weighted by atomic mass is 10.1. The van der Waals surface area contributed by atoms with Crippen LogP contribution in [0.3, 0.4) is 0 Å². The summed E-state index contributed by atoms with van der Waals surface area (Å²) >= 11 is 0. The molecule has 0 rings (SSSR count). The number of rotatable bonds is 4. The Morgan fingerprint density at radius 2 is 1.77 bits per heavy atom. The third-order valence-corrected chi connectivity index (χ3v) is 2.03. The van der Waals surface area contributed by atoms with Crippen molar-refractivity contribution in [3.63, 3.8) is 0 Å². The highest BCUT2D eigenvalue weighted by molar-refractivity contribution is 6.71. The zero-order valence-electron chi connectivity index (χ0n) is 8.71. The smallest absolute Gasteiger partial charge is 0.336 e. The fourth-order valence-corrected chi connectivity index (χ4v) is 1.37. The Bertz CT molecular complexity index is 205. The van der Waals surface area contributed by atoms with Crippen LogP contribution in [0.1, 0.15) is 13.8 Å². The predicted octanol–water partition coefficient (Wildman–Crippen LogP) is 1.32. The molecule has 0 bridgehead atoms. The van der Waals surface area contributed by atoms with Gasteiger partial charge in [-0.25, -0.2) is 4.79 Å². The van der Waals surface area contributed by atoms with Crippen LogP contribution < -0.4 is 0 Å². The van der Waals surface area contributed by atoms with E-state index in [9.17, 15) is 9.59 Å². The summed E-state index contributed by atoms with van der Waals surface area (Å²) in [4.78, 5) is 21.5. The normalized spacial score (nSPS) is 12.1. The predicted molar refractivity (Wildman–Crippen MR) is 50.7 cm³/mol. The van der Waals surface area contributed by atoms with E-state index < -0.39 is 19.9 Å². The Kier molecular flexibility index (Phi) is 3.66. The van der Waals surface area contributed by atoms with Crippen LogP contribution >= 0.6 is 0 Å². The zero-order chi connectivity index (χ0) is 10.7. The van der Waals surface area contributed by atoms with E-state index in [0.717, 1.165) is 0 Å². The quantitative estimate of drug-likeness (QED) is 0.512. The third-order valence-electron chi connectivity index (χ3n) is 1.23. The Hall–Kier alpha value is -0.843. The molecule has 0 radical (unpaired) electrons. The van der Waals surface area contributed by atoms with Crippen LogP contribution in [0.4, 0.5) is 0 Å². The molecule has 0 aliphatic rings. The summed E-state index contributed by atoms with van der Waals surface area (Å²) in [7, 11) is -1.90. The van der Waals surface area contributed by atoms with Gasteiger partial charge in [0, 0.05) is 0 Å². The summed E-state index contributed by atoms with van der Waals surface area (Å²) in [6, 6.07) is 0. The van der Waals surface area contributed by atoms with E-state index in [4.69, 9.17) is 4.43 Å². The minimum absolute atomic E-state index is 0.255. The van der Waals surface area contributed by atoms with Gasteiger partial charge in [-0.1, -0.05) is 0 Å². The summed E-state index contributed by atoms with van der Waals surface area (Å²) in [5, 5.41) is 0. The van der Waals surface area contributed by atoms with Gasteiger partial charge in [-0.05, 0) is 33.5 Å². The lowest BCUT2D eigenvalue weighted by Crippen LogP contribution is -2.42. The van der Waals surface area contributed by atoms with Gasteiger partial charge in [-0.15, -0.1) is 0 Å². The molecule has 0 atom stereocenters. The minimum Gasteiger partial charge on any atom is -0.517 e. The highest BCUT2D eigenvalue weighted by Gasteiger charge is 2.34. The van der Waals surface area contributed by atoms with Crippen LogP contribution in [-0.4, -0.2) is 26.4 Å². The van der Waals surface area contributed by atoms with Gasteiger partial charge in [0.25, 0.3) is 6.47 Å². The molecule has 5 heteroatoms. The Balaban J connectivity index is 4.33. The monoisotopic (exact) mass is 204 g/mol. The Morgan fingerprint density at radius 1 is 1.31 bits per heavy atom. The van der Waals surface area contributed by atoms with E-state index in [1.807, 2.05) is 19.6 Å². The van der Waals surface area contributed by atoms with Crippen molar-refractivity contribution < 1.29 is 18.8 Å². The van der Waals surface area contributed by atoms with Crippen molar-refractivity contribution in [3.8, 4) is 0 Å². The first-order valence-corrected chi connectivity index (χ1v) is 7.45. The summed E-state index contributed by atoms with van der Waals surface area (Å²) in [5.74, 6) is -0.487. The lowest BCUT2D eigenvalue weighted by Gasteiger charge is -2.26. The molecule has 0 saturated carbocycles. The number of hydrogen-bond acceptors (Lipinski definition) is 4. The number of carbonyl (C=O) groups is 2. The molecule has 0 amide bonds. The van der Waals surface area contributed by atoms with Crippen molar-refractivity contribution in [3.05, 3.63) is 0 Å². The average Bonchev–Trinajstić information content (AvgIpc) is 1.82. The highest BCUT2D eigenvalue weighted by atomic mass is 28.4. The molecule has 0 N–H and O–H groups in total. The van der Waals surface area contributed by atoms with Crippen molar-refractivity contribution in [2.45, 2.75) is 39.1 Å². The van der Waals surface area contributed by atoms with Crippen LogP contribution in [0.5, 0.6) is 0 Å². The molecule has 0 aromatic carbocycles. The van der Waals surface area contributed by atoms with Gasteiger partial charge in [0.1, 0.15) is 0 Å². The largest absolute Gasteiger partial charge is 0.517 e. The first kappa shape index (κ1) is 12.2. The van der Waals surface area contributed by atoms with Crippen molar-refractivity contribution in [1.82, 2.24) is 0 Å². The van der Waals surface area contributed by atoms with Crippen molar-refractivity contribution >= 4 is 20.8 Å². The van der Waals surface area contributed by atoms with Crippen LogP contribution in [0.15, 0.2) is 0 Å². The van der Waals surface area contributed by atoms with Gasteiger partial charge in [-0.2, -0.15) is 0 Å². The number of ether oxygens (including phenoxy) is 1. The van der Waals surface area contributed by atoms with Crippen LogP contribution in [0, 0.1) is 0 Å². The standard InChI is InChI=1S/C8H16O4Si/c1-8(2,11-6-9)7(10)12-13(3,4)5/h6H,1-5H3. The van der Waals surface area contributed by atoms with Gasteiger partial charge >= 0.3 is 5.97 Å². The average molecular weight is 204 g/mol. The van der Waals surface area contributed by atoms with Gasteiger partial charge in [-0.3, -0.25) is 4.79 Å². The van der Waals surface area contributed by atoms with Gasteiger partial charge < -0.3 is 9.16 Å². The summed E-state index contributed by atoms with van der Waals surface area (Å²) in [6.45, 7) is 8.94. The SMILES string of the molecule is CC(C)(OC=O)C(=O)O[Si](C)(C)C. The second-order valence-electron chi connectivity index (χ2n) is 4.23. The lowest BCUT2D eigenvalue weighted by molar-refractivity contribution is -0.164. The first-order valence-electron chi connectivity index (χ1n) is 4.04. The topological polar surface area (TPSA) is 52.6 Å². The van der Waals surface area contributed by atoms with Gasteiger partial charge in [0.05, 0.1) is 0 Å². The van der Waals surface area contributed by atoms with E-state index in [1.165, 1.54) is 13.8 Å². The minimum atomic E-state index is -1.90. The second kappa shape index (κ2) is 3.91. The molecule has 0 fully saturated rings. The van der Waals surface area contributed by atoms with Crippen molar-refractivity contribution in [2.75, 3.05) is 0 Å². The Labute approximate surface area is 79.3 Å². The molecular formula is C8H16O4Si. The molecule has 0 spiro atoms. The van der Waals surface area contributed by atoms with E-state index in [1.54, 1.807) is 0 Å². The third kappa shape index (κ3) is 4.67. The van der Waals surface area contributed by atoms with Crippen LogP contribution in [0.25, 0.3) is 0 Å². The summed E-state index contributed by atoms with van der Waals surface area (Å²) < 4.78 is 9.78. The first-order chi connectivity index (χ1) is 5.69. The molecule has 0 heterocycles. The molecule has 0 saturated heterocycles. The molecule has 0 aliphatic carbocycles. The molecular weight excluding hydrogens is 188 g/mol. The maximum atomic E-state index is 11.4. The van der Waals surface area contributed by atoms with Crippen LogP contribution in [0.2, 0.25) is 19.6 Å². The van der Waals surface area contributed by atoms with Gasteiger partial charge in [0.2, 0.25) is 13.9 Å². The fraction of sp³-hybridized carbons (Fsp3) is 0.750. The van der Waals surface area contributed by atoms with Crippen molar-refractivity contribution in [2.24, 2.45) is 0 Å². The fourth-order valence-electron chi connectivity index (χ4n) is 0.569. The van der Waals surface area contributed by atoms with E-state index >= 15 is 0 Å². The Morgan fingerprint density at radius 3 is 2.08 bits per heavy atom. The van der Waals surface area contributed by atoms with E-state index in [-0.39, 0.29) is 6.47 Å². The summed E-state index contributed by atoms with van der Waals surface area (Å²) in [6.07, 6.45) is 0. The molecule has 76 valence electrons. The van der Waals surface area contributed by atoms with Crippen molar-refractivity contribution in [1.29, 1.82) is 0 Å². The molecule has 0 aliphatic heterocycles. The molecule has 13 heavy (non-hydrogen) atoms. The maximum Gasteiger partial charge on any atom is 0.336 e. The van der Waals surface area contributed by atoms with Crippen LogP contribution in [-0.2, 0) is 18.8 Å². The van der Waals surface area contributed by atoms with Gasteiger partial charge in [0.15, 0.2) is 0 Å². The maximum absolute atomic E-state index is 11.4. The molecule has 0 unspecified atom stereocenters. The zero-order valence-corrected chi connectivity index (χ0v) is 9.71. The van der Waals surface area contributed by atoms with E-state index in [2.05, 4.69) is 4.74 Å². The molecule has 0 aromatic rings. The molecule has 4 nitrogen and oxygen atoms in total.